The first-order valence-corrected chi connectivity index (χ1v) is 10.4. The van der Waals surface area contributed by atoms with Gasteiger partial charge in [-0.2, -0.15) is 0 Å². The maximum atomic E-state index is 12.5. The molecule has 0 bridgehead atoms. The molecule has 0 saturated carbocycles. The highest BCUT2D eigenvalue weighted by Crippen LogP contribution is 2.27. The van der Waals surface area contributed by atoms with Crippen molar-refractivity contribution < 1.29 is 19.1 Å². The van der Waals surface area contributed by atoms with E-state index in [1.54, 1.807) is 9.80 Å². The number of likely N-dealkylation sites (tertiary alicyclic amines) is 1. The molecule has 2 heterocycles. The van der Waals surface area contributed by atoms with E-state index < -0.39 is 5.60 Å². The first-order valence-electron chi connectivity index (χ1n) is 10.4. The topological polar surface area (TPSA) is 71.1 Å². The van der Waals surface area contributed by atoms with Crippen molar-refractivity contribution in [3.05, 3.63) is 35.9 Å². The van der Waals surface area contributed by atoms with E-state index in [0.717, 1.165) is 31.4 Å². The average Bonchev–Trinajstić information content (AvgIpc) is 2.88. The molecule has 1 spiro atoms. The molecule has 0 radical (unpaired) electrons. The molecule has 2 saturated heterocycles. The second kappa shape index (κ2) is 9.03. The maximum Gasteiger partial charge on any atom is 0.410 e. The third kappa shape index (κ3) is 6.10. The van der Waals surface area contributed by atoms with Crippen LogP contribution in [0.15, 0.2) is 30.3 Å². The van der Waals surface area contributed by atoms with Gasteiger partial charge in [0.05, 0.1) is 0 Å². The Hall–Kier alpha value is -2.28. The molecule has 0 aliphatic carbocycles. The van der Waals surface area contributed by atoms with Crippen LogP contribution in [0.5, 0.6) is 0 Å². The van der Waals surface area contributed by atoms with Crippen molar-refractivity contribution in [1.29, 1.82) is 0 Å². The number of carbonyl (C=O) groups is 2. The predicted molar refractivity (Wildman–Crippen MR) is 111 cm³/mol. The van der Waals surface area contributed by atoms with E-state index in [1.165, 1.54) is 0 Å². The van der Waals surface area contributed by atoms with E-state index >= 15 is 0 Å². The molecule has 2 fully saturated rings. The summed E-state index contributed by atoms with van der Waals surface area (Å²) in [6, 6.07) is 9.70. The predicted octanol–water partition coefficient (Wildman–Crippen LogP) is 3.39. The average molecular weight is 404 g/mol. The Morgan fingerprint density at radius 1 is 1.03 bits per heavy atom. The molecular weight excluding hydrogens is 370 g/mol. The molecule has 1 aromatic carbocycles. The van der Waals surface area contributed by atoms with Crippen LogP contribution >= 0.6 is 0 Å². The first-order chi connectivity index (χ1) is 13.8. The Labute approximate surface area is 173 Å². The van der Waals surface area contributed by atoms with Gasteiger partial charge in [-0.15, -0.1) is 0 Å². The van der Waals surface area contributed by atoms with Gasteiger partial charge in [-0.1, -0.05) is 30.3 Å². The normalized spacial score (nSPS) is 22.9. The van der Waals surface area contributed by atoms with Crippen LogP contribution in [-0.4, -0.2) is 65.9 Å². The third-order valence-electron chi connectivity index (χ3n) is 5.43. The summed E-state index contributed by atoms with van der Waals surface area (Å²) in [6.07, 6.45) is 2.03. The highest BCUT2D eigenvalue weighted by molar-refractivity contribution is 5.69. The van der Waals surface area contributed by atoms with Gasteiger partial charge in [-0.3, -0.25) is 0 Å². The van der Waals surface area contributed by atoms with Gasteiger partial charge in [0.25, 0.3) is 0 Å². The van der Waals surface area contributed by atoms with Gasteiger partial charge in [0.15, 0.2) is 0 Å². The summed E-state index contributed by atoms with van der Waals surface area (Å²) in [5, 5.41) is 3.61. The summed E-state index contributed by atoms with van der Waals surface area (Å²) in [5.41, 5.74) is 0.302. The summed E-state index contributed by atoms with van der Waals surface area (Å²) in [6.45, 7) is 9.19. The second-order valence-corrected chi connectivity index (χ2v) is 8.99. The van der Waals surface area contributed by atoms with Crippen LogP contribution < -0.4 is 5.32 Å². The number of amides is 2. The van der Waals surface area contributed by atoms with Gasteiger partial charge >= 0.3 is 12.2 Å². The molecule has 0 aromatic heterocycles. The fraction of sp³-hybridized carbons (Fsp3) is 0.636. The molecule has 2 amide bonds. The van der Waals surface area contributed by atoms with E-state index in [0.29, 0.717) is 26.2 Å². The van der Waals surface area contributed by atoms with Crippen molar-refractivity contribution in [2.45, 2.75) is 57.8 Å². The van der Waals surface area contributed by atoms with Crippen LogP contribution in [0.4, 0.5) is 9.59 Å². The highest BCUT2D eigenvalue weighted by atomic mass is 16.6. The molecule has 1 unspecified atom stereocenters. The summed E-state index contributed by atoms with van der Waals surface area (Å²) < 4.78 is 11.0. The van der Waals surface area contributed by atoms with Gasteiger partial charge in [-0.05, 0) is 45.6 Å². The van der Waals surface area contributed by atoms with E-state index in [9.17, 15) is 9.59 Å². The third-order valence-corrected chi connectivity index (χ3v) is 5.43. The van der Waals surface area contributed by atoms with E-state index in [-0.39, 0.29) is 24.3 Å². The fourth-order valence-electron chi connectivity index (χ4n) is 3.96. The molecule has 2 aliphatic heterocycles. The van der Waals surface area contributed by atoms with Crippen molar-refractivity contribution in [3.63, 3.8) is 0 Å². The number of nitrogens with zero attached hydrogens (tertiary/aromatic N) is 2. The molecular formula is C22H33N3O4. The lowest BCUT2D eigenvalue weighted by Crippen LogP contribution is -2.62. The Morgan fingerprint density at radius 2 is 1.79 bits per heavy atom. The monoisotopic (exact) mass is 403 g/mol. The molecule has 2 aliphatic rings. The lowest BCUT2D eigenvalue weighted by Gasteiger charge is -2.43. The molecule has 1 N–H and O–H groups in total. The van der Waals surface area contributed by atoms with Crippen molar-refractivity contribution in [1.82, 2.24) is 15.1 Å². The lowest BCUT2D eigenvalue weighted by atomic mass is 9.88. The smallest absolute Gasteiger partial charge is 0.410 e. The van der Waals surface area contributed by atoms with Crippen LogP contribution in [0.25, 0.3) is 0 Å². The van der Waals surface area contributed by atoms with Gasteiger partial charge in [0, 0.05) is 38.3 Å². The number of rotatable bonds is 2. The van der Waals surface area contributed by atoms with Crippen molar-refractivity contribution >= 4 is 12.2 Å². The SMILES string of the molecule is CC(C)(C)OC(=O)N1CCNC2(CCCN(C(=O)OCc3ccccc3)CC2)C1. The summed E-state index contributed by atoms with van der Waals surface area (Å²) in [7, 11) is 0. The zero-order valence-corrected chi connectivity index (χ0v) is 17.8. The number of nitrogens with one attached hydrogen (secondary N) is 1. The lowest BCUT2D eigenvalue weighted by molar-refractivity contribution is 0.0106. The number of piperazine rings is 1. The Balaban J connectivity index is 1.54. The number of benzene rings is 1. The summed E-state index contributed by atoms with van der Waals surface area (Å²) in [5.74, 6) is 0. The van der Waals surface area contributed by atoms with Crippen LogP contribution in [0.2, 0.25) is 0 Å². The van der Waals surface area contributed by atoms with Crippen LogP contribution in [0.1, 0.15) is 45.6 Å². The van der Waals surface area contributed by atoms with Gasteiger partial charge in [0.1, 0.15) is 12.2 Å². The van der Waals surface area contributed by atoms with Gasteiger partial charge in [-0.25, -0.2) is 9.59 Å². The maximum absolute atomic E-state index is 12.5. The first kappa shape index (κ1) is 21.4. The summed E-state index contributed by atoms with van der Waals surface area (Å²) >= 11 is 0. The Bertz CT molecular complexity index is 704. The van der Waals surface area contributed by atoms with Crippen LogP contribution in [0, 0.1) is 0 Å². The Kier molecular flexibility index (Phi) is 6.67. The number of carbonyl (C=O) groups excluding carboxylic acids is 2. The minimum absolute atomic E-state index is 0.177. The molecule has 160 valence electrons. The molecule has 1 atom stereocenters. The zero-order chi connectivity index (χ0) is 20.9. The summed E-state index contributed by atoms with van der Waals surface area (Å²) in [4.78, 5) is 28.6. The van der Waals surface area contributed by atoms with Gasteiger partial charge in [0.2, 0.25) is 0 Å². The van der Waals surface area contributed by atoms with Crippen LogP contribution in [-0.2, 0) is 16.1 Å². The Morgan fingerprint density at radius 3 is 2.52 bits per heavy atom. The van der Waals surface area contributed by atoms with Crippen molar-refractivity contribution in [3.8, 4) is 0 Å². The highest BCUT2D eigenvalue weighted by Gasteiger charge is 2.40. The van der Waals surface area contributed by atoms with Crippen molar-refractivity contribution in [2.24, 2.45) is 0 Å². The van der Waals surface area contributed by atoms with Crippen LogP contribution in [0.3, 0.4) is 0 Å². The van der Waals surface area contributed by atoms with Crippen molar-refractivity contribution in [2.75, 3.05) is 32.7 Å². The number of hydrogen-bond acceptors (Lipinski definition) is 5. The molecule has 7 heteroatoms. The molecule has 3 rings (SSSR count). The standard InChI is InChI=1S/C22H33N3O4/c1-21(2,3)29-20(27)25-15-12-23-22(17-25)10-7-13-24(14-11-22)19(26)28-16-18-8-5-4-6-9-18/h4-6,8-9,23H,7,10-17H2,1-3H3. The largest absolute Gasteiger partial charge is 0.445 e. The number of ether oxygens (including phenoxy) is 2. The molecule has 1 aromatic rings. The molecule has 7 nitrogen and oxygen atoms in total. The van der Waals surface area contributed by atoms with E-state index in [4.69, 9.17) is 9.47 Å². The van der Waals surface area contributed by atoms with E-state index in [1.807, 2.05) is 51.1 Å². The minimum atomic E-state index is -0.502. The van der Waals surface area contributed by atoms with Gasteiger partial charge < -0.3 is 24.6 Å². The zero-order valence-electron chi connectivity index (χ0n) is 17.8. The quantitative estimate of drug-likeness (QED) is 0.820. The van der Waals surface area contributed by atoms with E-state index in [2.05, 4.69) is 5.32 Å². The minimum Gasteiger partial charge on any atom is -0.445 e. The molecule has 29 heavy (non-hydrogen) atoms. The number of hydrogen-bond donors (Lipinski definition) is 1. The second-order valence-electron chi connectivity index (χ2n) is 8.99. The fourth-order valence-corrected chi connectivity index (χ4v) is 3.96.